The normalized spacial score (nSPS) is 16.1. The molecule has 14 nitrogen and oxygen atoms in total. The molecule has 2 atom stereocenters. The van der Waals surface area contributed by atoms with E-state index >= 15 is 0 Å². The summed E-state index contributed by atoms with van der Waals surface area (Å²) in [4.78, 5) is 25.6. The number of carbonyl (C=O) groups is 2. The number of rotatable bonds is 9. The lowest BCUT2D eigenvalue weighted by atomic mass is 10.1. The number of morpholine rings is 2. The SMILES string of the molecule is CCn1nc(-c2cccc(C#N)c2)cc1C(=O)Nc1ccc([C@H]2CNCCO2)cc1.Cn1nc(-c2cccc(C#N)c2)cc1C(=O)Nc1ccc([C@H]2CNCCO2)cc1. The Bertz CT molecular complexity index is 2480. The zero-order valence-electron chi connectivity index (χ0n) is 32.8. The minimum atomic E-state index is -0.244. The number of carbonyl (C=O) groups excluding carboxylic acids is 2. The van der Waals surface area contributed by atoms with Gasteiger partial charge in [-0.1, -0.05) is 48.5 Å². The van der Waals surface area contributed by atoms with Crippen LogP contribution in [0.15, 0.2) is 109 Å². The highest BCUT2D eigenvalue weighted by atomic mass is 16.5. The third-order valence-corrected chi connectivity index (χ3v) is 9.94. The highest BCUT2D eigenvalue weighted by Gasteiger charge is 2.20. The van der Waals surface area contributed by atoms with Gasteiger partial charge in [0.05, 0.1) is 60.1 Å². The summed E-state index contributed by atoms with van der Waals surface area (Å²) in [5, 5.41) is 39.6. The van der Waals surface area contributed by atoms with Crippen molar-refractivity contribution in [3.05, 3.63) is 143 Å². The maximum Gasteiger partial charge on any atom is 0.273 e. The van der Waals surface area contributed by atoms with Gasteiger partial charge in [0, 0.05) is 62.3 Å². The zero-order chi connectivity index (χ0) is 41.1. The molecule has 2 aliphatic rings. The van der Waals surface area contributed by atoms with Gasteiger partial charge in [-0.3, -0.25) is 19.0 Å². The van der Waals surface area contributed by atoms with E-state index in [1.54, 1.807) is 58.9 Å². The van der Waals surface area contributed by atoms with Crippen LogP contribution >= 0.6 is 0 Å². The molecule has 0 aliphatic carbocycles. The van der Waals surface area contributed by atoms with Crippen LogP contribution in [0.5, 0.6) is 0 Å². The second kappa shape index (κ2) is 19.0. The fourth-order valence-electron chi connectivity index (χ4n) is 6.81. The van der Waals surface area contributed by atoms with Crippen LogP contribution in [0.25, 0.3) is 22.5 Å². The molecule has 0 unspecified atom stereocenters. The van der Waals surface area contributed by atoms with Crippen LogP contribution in [0.1, 0.15) is 62.4 Å². The van der Waals surface area contributed by atoms with E-state index in [2.05, 4.69) is 43.6 Å². The van der Waals surface area contributed by atoms with Gasteiger partial charge in [-0.05, 0) is 78.7 Å². The molecule has 298 valence electrons. The van der Waals surface area contributed by atoms with E-state index in [1.807, 2.05) is 73.7 Å². The van der Waals surface area contributed by atoms with Crippen LogP contribution in [-0.4, -0.2) is 70.8 Å². The minimum Gasteiger partial charge on any atom is -0.371 e. The van der Waals surface area contributed by atoms with E-state index in [0.717, 1.165) is 48.4 Å². The molecule has 2 saturated heterocycles. The first-order valence-corrected chi connectivity index (χ1v) is 19.4. The van der Waals surface area contributed by atoms with E-state index in [0.29, 0.717) is 65.0 Å². The maximum absolute atomic E-state index is 12.9. The van der Waals surface area contributed by atoms with Gasteiger partial charge in [0.25, 0.3) is 11.8 Å². The number of nitrogens with zero attached hydrogens (tertiary/aromatic N) is 6. The van der Waals surface area contributed by atoms with Gasteiger partial charge in [-0.2, -0.15) is 20.7 Å². The van der Waals surface area contributed by atoms with Crippen molar-refractivity contribution in [2.45, 2.75) is 25.7 Å². The summed E-state index contributed by atoms with van der Waals surface area (Å²) in [5.41, 5.74) is 8.51. The molecule has 2 aromatic heterocycles. The maximum atomic E-state index is 12.9. The van der Waals surface area contributed by atoms with Gasteiger partial charge < -0.3 is 30.7 Å². The average molecular weight is 789 g/mol. The molecule has 2 fully saturated rings. The van der Waals surface area contributed by atoms with Crippen LogP contribution in [-0.2, 0) is 23.1 Å². The third-order valence-electron chi connectivity index (χ3n) is 9.94. The van der Waals surface area contributed by atoms with E-state index in [-0.39, 0.29) is 24.0 Å². The Kier molecular flexibility index (Phi) is 13.0. The van der Waals surface area contributed by atoms with Gasteiger partial charge in [0.15, 0.2) is 0 Å². The molecule has 8 rings (SSSR count). The first-order chi connectivity index (χ1) is 28.8. The first-order valence-electron chi connectivity index (χ1n) is 19.4. The molecule has 6 aromatic rings. The van der Waals surface area contributed by atoms with Crippen molar-refractivity contribution in [2.24, 2.45) is 7.05 Å². The smallest absolute Gasteiger partial charge is 0.273 e. The Morgan fingerprint density at radius 1 is 0.695 bits per heavy atom. The average Bonchev–Trinajstić information content (AvgIpc) is 3.92. The summed E-state index contributed by atoms with van der Waals surface area (Å²) in [6.45, 7) is 7.22. The largest absolute Gasteiger partial charge is 0.371 e. The lowest BCUT2D eigenvalue weighted by Crippen LogP contribution is -2.33. The Hall–Kier alpha value is -6.94. The molecule has 14 heteroatoms. The number of anilines is 2. The molecule has 0 radical (unpaired) electrons. The molecular formula is C45H44N10O4. The second-order valence-corrected chi connectivity index (χ2v) is 13.9. The van der Waals surface area contributed by atoms with E-state index in [4.69, 9.17) is 20.0 Å². The summed E-state index contributed by atoms with van der Waals surface area (Å²) >= 11 is 0. The Morgan fingerprint density at radius 3 is 1.63 bits per heavy atom. The molecular weight excluding hydrogens is 745 g/mol. The van der Waals surface area contributed by atoms with Crippen molar-refractivity contribution >= 4 is 23.2 Å². The summed E-state index contributed by atoms with van der Waals surface area (Å²) < 4.78 is 14.7. The number of aromatic nitrogens is 4. The van der Waals surface area contributed by atoms with E-state index < -0.39 is 0 Å². The first kappa shape index (κ1) is 40.3. The topological polar surface area (TPSA) is 184 Å². The summed E-state index contributed by atoms with van der Waals surface area (Å²) in [5.74, 6) is -0.471. The van der Waals surface area contributed by atoms with Gasteiger partial charge in [-0.25, -0.2) is 0 Å². The van der Waals surface area contributed by atoms with E-state index in [9.17, 15) is 9.59 Å². The summed E-state index contributed by atoms with van der Waals surface area (Å²) in [7, 11) is 1.73. The monoisotopic (exact) mass is 788 g/mol. The van der Waals surface area contributed by atoms with Gasteiger partial charge in [-0.15, -0.1) is 0 Å². The summed E-state index contributed by atoms with van der Waals surface area (Å²) in [6.07, 6.45) is 0.0778. The number of nitrogens with one attached hydrogen (secondary N) is 4. The zero-order valence-corrected chi connectivity index (χ0v) is 32.8. The van der Waals surface area contributed by atoms with Crippen molar-refractivity contribution in [1.29, 1.82) is 10.5 Å². The molecule has 0 spiro atoms. The fraction of sp³-hybridized carbons (Fsp3) is 0.244. The Balaban J connectivity index is 0.000000179. The van der Waals surface area contributed by atoms with Crippen LogP contribution in [0.4, 0.5) is 11.4 Å². The number of nitriles is 2. The lowest BCUT2D eigenvalue weighted by molar-refractivity contribution is 0.0276. The van der Waals surface area contributed by atoms with Crippen molar-refractivity contribution < 1.29 is 19.1 Å². The molecule has 4 aromatic carbocycles. The molecule has 59 heavy (non-hydrogen) atoms. The molecule has 4 heterocycles. The fourth-order valence-corrected chi connectivity index (χ4v) is 6.81. The standard InChI is InChI=1S/C23H23N5O2.C22H21N5O2/c1-2-28-21(13-20(27-28)18-5-3-4-16(12-18)14-24)23(29)26-19-8-6-17(7-9-19)22-15-25-10-11-30-22;1-27-20(12-19(26-27)17-4-2-3-15(11-17)13-23)22(28)25-18-7-5-16(6-8-18)21-14-24-9-10-29-21/h3-9,12-13,22,25H,2,10-11,15H2,1H3,(H,26,29);2-8,11-12,21,24H,9-10,14H2,1H3,(H,25,28)/t22-;21-/m11/s1. The minimum absolute atomic E-state index is 0.0387. The molecule has 4 N–H and O–H groups in total. The molecule has 2 aliphatic heterocycles. The number of benzene rings is 4. The second-order valence-electron chi connectivity index (χ2n) is 13.9. The van der Waals surface area contributed by atoms with Gasteiger partial charge >= 0.3 is 0 Å². The lowest BCUT2D eigenvalue weighted by Gasteiger charge is -2.24. The van der Waals surface area contributed by atoms with Crippen molar-refractivity contribution in [2.75, 3.05) is 50.0 Å². The van der Waals surface area contributed by atoms with Crippen molar-refractivity contribution in [1.82, 2.24) is 30.2 Å². The van der Waals surface area contributed by atoms with Crippen LogP contribution in [0.3, 0.4) is 0 Å². The van der Waals surface area contributed by atoms with Crippen molar-refractivity contribution in [3.63, 3.8) is 0 Å². The van der Waals surface area contributed by atoms with Gasteiger partial charge in [0.2, 0.25) is 0 Å². The molecule has 0 bridgehead atoms. The molecule has 0 saturated carbocycles. The predicted molar refractivity (Wildman–Crippen MR) is 223 cm³/mol. The predicted octanol–water partition coefficient (Wildman–Crippen LogP) is 6.23. The number of aryl methyl sites for hydroxylation is 2. The van der Waals surface area contributed by atoms with Crippen LogP contribution < -0.4 is 21.3 Å². The molecule has 2 amide bonds. The van der Waals surface area contributed by atoms with Crippen molar-refractivity contribution in [3.8, 4) is 34.7 Å². The van der Waals surface area contributed by atoms with E-state index in [1.165, 1.54) is 0 Å². The Morgan fingerprint density at radius 2 is 1.17 bits per heavy atom. The quantitative estimate of drug-likeness (QED) is 0.131. The highest BCUT2D eigenvalue weighted by Crippen LogP contribution is 2.25. The summed E-state index contributed by atoms with van der Waals surface area (Å²) in [6, 6.07) is 37.5. The van der Waals surface area contributed by atoms with Gasteiger partial charge in [0.1, 0.15) is 11.4 Å². The number of hydrogen-bond donors (Lipinski definition) is 4. The van der Waals surface area contributed by atoms with Crippen LogP contribution in [0.2, 0.25) is 0 Å². The Labute approximate surface area is 342 Å². The number of ether oxygens (including phenoxy) is 2. The number of hydrogen-bond acceptors (Lipinski definition) is 10. The van der Waals surface area contributed by atoms with Crippen LogP contribution in [0, 0.1) is 22.7 Å². The number of amides is 2. The third kappa shape index (κ3) is 9.96. The highest BCUT2D eigenvalue weighted by molar-refractivity contribution is 6.04.